The Kier molecular flexibility index (Phi) is 7.31. The van der Waals surface area contributed by atoms with E-state index >= 15 is 0 Å². The molecule has 0 spiro atoms. The van der Waals surface area contributed by atoms with Crippen molar-refractivity contribution in [2.75, 3.05) is 40.3 Å². The number of nitrogens with one attached hydrogen (secondary N) is 2. The number of alkyl halides is 1. The third-order valence-electron chi connectivity index (χ3n) is 2.78. The van der Waals surface area contributed by atoms with Gasteiger partial charge in [0.05, 0.1) is 21.3 Å². The molecule has 0 fully saturated rings. The van der Waals surface area contributed by atoms with Crippen LogP contribution in [0.5, 0.6) is 17.2 Å². The molecule has 0 aliphatic carbocycles. The highest BCUT2D eigenvalue weighted by Crippen LogP contribution is 2.38. The molecular weight excluding hydrogens is 312 g/mol. The molecule has 122 valence electrons. The van der Waals surface area contributed by atoms with Crippen molar-refractivity contribution in [3.05, 3.63) is 17.7 Å². The summed E-state index contributed by atoms with van der Waals surface area (Å²) < 4.78 is 15.6. The van der Waals surface area contributed by atoms with E-state index in [-0.39, 0.29) is 24.2 Å². The Morgan fingerprint density at radius 3 is 2.00 bits per heavy atom. The fourth-order valence-corrected chi connectivity index (χ4v) is 1.83. The largest absolute Gasteiger partial charge is 0.493 e. The van der Waals surface area contributed by atoms with E-state index in [1.165, 1.54) is 21.3 Å². The van der Waals surface area contributed by atoms with E-state index in [0.717, 1.165) is 0 Å². The molecule has 0 aliphatic heterocycles. The van der Waals surface area contributed by atoms with Gasteiger partial charge in [-0.15, -0.1) is 11.6 Å². The Bertz CT molecular complexity index is 511. The van der Waals surface area contributed by atoms with Crippen molar-refractivity contribution in [2.24, 2.45) is 0 Å². The molecule has 1 aromatic rings. The number of carbonyl (C=O) groups excluding carboxylic acids is 2. The number of hydrogen-bond acceptors (Lipinski definition) is 5. The fourth-order valence-electron chi connectivity index (χ4n) is 1.74. The number of halogens is 1. The van der Waals surface area contributed by atoms with Crippen LogP contribution in [0.15, 0.2) is 12.1 Å². The lowest BCUT2D eigenvalue weighted by molar-refractivity contribution is -0.118. The molecule has 0 atom stereocenters. The molecule has 1 rings (SSSR count). The van der Waals surface area contributed by atoms with Gasteiger partial charge in [-0.25, -0.2) is 0 Å². The first-order valence-corrected chi connectivity index (χ1v) is 7.01. The van der Waals surface area contributed by atoms with Gasteiger partial charge in [-0.2, -0.15) is 0 Å². The zero-order valence-corrected chi connectivity index (χ0v) is 13.5. The Morgan fingerprint density at radius 1 is 1.00 bits per heavy atom. The Labute approximate surface area is 133 Å². The Hall–Kier alpha value is -2.15. The van der Waals surface area contributed by atoms with Crippen LogP contribution in [-0.4, -0.2) is 52.1 Å². The molecule has 8 heteroatoms. The van der Waals surface area contributed by atoms with Gasteiger partial charge in [-0.05, 0) is 12.1 Å². The molecule has 1 aromatic carbocycles. The summed E-state index contributed by atoms with van der Waals surface area (Å²) in [6.45, 7) is 0.569. The molecular formula is C14H19ClN2O5. The quantitative estimate of drug-likeness (QED) is 0.544. The van der Waals surface area contributed by atoms with E-state index < -0.39 is 0 Å². The second kappa shape index (κ2) is 8.99. The Morgan fingerprint density at radius 2 is 1.55 bits per heavy atom. The number of hydrogen-bond donors (Lipinski definition) is 2. The van der Waals surface area contributed by atoms with Crippen molar-refractivity contribution in [2.45, 2.75) is 0 Å². The predicted octanol–water partition coefficient (Wildman–Crippen LogP) is 0.797. The topological polar surface area (TPSA) is 85.9 Å². The summed E-state index contributed by atoms with van der Waals surface area (Å²) >= 11 is 5.35. The summed E-state index contributed by atoms with van der Waals surface area (Å²) in [5, 5.41) is 5.22. The number of benzene rings is 1. The number of methoxy groups -OCH3 is 3. The summed E-state index contributed by atoms with van der Waals surface area (Å²) in [4.78, 5) is 23.1. The lowest BCUT2D eigenvalue weighted by Crippen LogP contribution is -2.35. The summed E-state index contributed by atoms with van der Waals surface area (Å²) in [6.07, 6.45) is 0. The van der Waals surface area contributed by atoms with Crippen molar-refractivity contribution >= 4 is 23.4 Å². The minimum Gasteiger partial charge on any atom is -0.493 e. The van der Waals surface area contributed by atoms with Crippen LogP contribution in [0.2, 0.25) is 0 Å². The van der Waals surface area contributed by atoms with Crippen molar-refractivity contribution in [3.63, 3.8) is 0 Å². The van der Waals surface area contributed by atoms with Crippen LogP contribution in [0.4, 0.5) is 0 Å². The molecule has 0 radical (unpaired) electrons. The van der Waals surface area contributed by atoms with Crippen LogP contribution in [0, 0.1) is 0 Å². The minimum atomic E-state index is -0.320. The first kappa shape index (κ1) is 17.9. The maximum absolute atomic E-state index is 12.1. The van der Waals surface area contributed by atoms with Gasteiger partial charge in [0, 0.05) is 18.7 Å². The number of rotatable bonds is 8. The highest BCUT2D eigenvalue weighted by atomic mass is 35.5. The second-order valence-corrected chi connectivity index (χ2v) is 4.42. The van der Waals surface area contributed by atoms with Crippen LogP contribution >= 0.6 is 11.6 Å². The molecule has 2 amide bonds. The first-order valence-electron chi connectivity index (χ1n) is 6.48. The molecule has 0 saturated carbocycles. The second-order valence-electron chi connectivity index (χ2n) is 4.15. The average molecular weight is 331 g/mol. The fraction of sp³-hybridized carbons (Fsp3) is 0.429. The van der Waals surface area contributed by atoms with Gasteiger partial charge in [0.2, 0.25) is 11.7 Å². The van der Waals surface area contributed by atoms with Crippen molar-refractivity contribution in [1.29, 1.82) is 0 Å². The van der Waals surface area contributed by atoms with Gasteiger partial charge >= 0.3 is 0 Å². The minimum absolute atomic E-state index is 0.110. The molecule has 0 aliphatic rings. The SMILES string of the molecule is COc1cc(C(=O)NCCNC(=O)CCl)cc(OC)c1OC. The number of ether oxygens (including phenoxy) is 3. The monoisotopic (exact) mass is 330 g/mol. The third-order valence-corrected chi connectivity index (χ3v) is 3.02. The summed E-state index contributed by atoms with van der Waals surface area (Å²) in [5.41, 5.74) is 0.359. The summed E-state index contributed by atoms with van der Waals surface area (Å²) in [7, 11) is 4.43. The van der Waals surface area contributed by atoms with Gasteiger partial charge < -0.3 is 24.8 Å². The predicted molar refractivity (Wildman–Crippen MR) is 82.2 cm³/mol. The maximum atomic E-state index is 12.1. The first-order chi connectivity index (χ1) is 10.6. The van der Waals surface area contributed by atoms with Crippen LogP contribution in [-0.2, 0) is 4.79 Å². The van der Waals surface area contributed by atoms with Gasteiger partial charge in [0.1, 0.15) is 5.88 Å². The molecule has 0 saturated heterocycles. The lowest BCUT2D eigenvalue weighted by Gasteiger charge is -2.14. The van der Waals surface area contributed by atoms with Crippen LogP contribution in [0.25, 0.3) is 0 Å². The normalized spacial score (nSPS) is 9.82. The van der Waals surface area contributed by atoms with Crippen LogP contribution in [0.1, 0.15) is 10.4 Å². The number of carbonyl (C=O) groups is 2. The standard InChI is InChI=1S/C14H19ClN2O5/c1-20-10-6-9(7-11(21-2)13(10)22-3)14(19)17-5-4-16-12(18)8-15/h6-7H,4-5,8H2,1-3H3,(H,16,18)(H,17,19). The molecule has 7 nitrogen and oxygen atoms in total. The molecule has 22 heavy (non-hydrogen) atoms. The van der Waals surface area contributed by atoms with E-state index in [0.29, 0.717) is 29.4 Å². The van der Waals surface area contributed by atoms with Crippen LogP contribution < -0.4 is 24.8 Å². The smallest absolute Gasteiger partial charge is 0.251 e. The van der Waals surface area contributed by atoms with Gasteiger partial charge in [-0.1, -0.05) is 0 Å². The van der Waals surface area contributed by atoms with E-state index in [4.69, 9.17) is 25.8 Å². The van der Waals surface area contributed by atoms with E-state index in [9.17, 15) is 9.59 Å². The van der Waals surface area contributed by atoms with Crippen molar-refractivity contribution in [3.8, 4) is 17.2 Å². The molecule has 0 unspecified atom stereocenters. The summed E-state index contributed by atoms with van der Waals surface area (Å²) in [6, 6.07) is 3.10. The van der Waals surface area contributed by atoms with E-state index in [2.05, 4.69) is 10.6 Å². The molecule has 0 heterocycles. The van der Waals surface area contributed by atoms with E-state index in [1.54, 1.807) is 12.1 Å². The van der Waals surface area contributed by atoms with Crippen molar-refractivity contribution < 1.29 is 23.8 Å². The Balaban J connectivity index is 2.75. The highest BCUT2D eigenvalue weighted by Gasteiger charge is 2.16. The van der Waals surface area contributed by atoms with E-state index in [1.807, 2.05) is 0 Å². The molecule has 0 bridgehead atoms. The maximum Gasteiger partial charge on any atom is 0.251 e. The molecule has 0 aromatic heterocycles. The summed E-state index contributed by atoms with van der Waals surface area (Å²) in [5.74, 6) is 0.477. The zero-order chi connectivity index (χ0) is 16.5. The average Bonchev–Trinajstić information content (AvgIpc) is 2.56. The highest BCUT2D eigenvalue weighted by molar-refractivity contribution is 6.27. The van der Waals surface area contributed by atoms with Crippen molar-refractivity contribution in [1.82, 2.24) is 10.6 Å². The van der Waals surface area contributed by atoms with Gasteiger partial charge in [-0.3, -0.25) is 9.59 Å². The molecule has 2 N–H and O–H groups in total. The zero-order valence-electron chi connectivity index (χ0n) is 12.7. The number of amides is 2. The third kappa shape index (κ3) is 4.70. The van der Waals surface area contributed by atoms with Gasteiger partial charge in [0.15, 0.2) is 11.5 Å². The van der Waals surface area contributed by atoms with Gasteiger partial charge in [0.25, 0.3) is 5.91 Å². The van der Waals surface area contributed by atoms with Crippen LogP contribution in [0.3, 0.4) is 0 Å². The lowest BCUT2D eigenvalue weighted by atomic mass is 10.1.